The van der Waals surface area contributed by atoms with Gasteiger partial charge in [0, 0.05) is 51.2 Å². The van der Waals surface area contributed by atoms with Crippen LogP contribution < -0.4 is 15.0 Å². The first kappa shape index (κ1) is 23.6. The van der Waals surface area contributed by atoms with Crippen molar-refractivity contribution in [1.82, 2.24) is 15.1 Å². The number of rotatable bonds is 4. The van der Waals surface area contributed by atoms with E-state index in [1.165, 1.54) is 10.4 Å². The molecule has 0 bridgehead atoms. The van der Waals surface area contributed by atoms with Crippen LogP contribution in [-0.2, 0) is 17.8 Å². The highest BCUT2D eigenvalue weighted by atomic mass is 127. The molecule has 31 heavy (non-hydrogen) atoms. The minimum absolute atomic E-state index is 0. The number of guanidine groups is 1. The van der Waals surface area contributed by atoms with Crippen molar-refractivity contribution in [2.45, 2.75) is 13.0 Å². The lowest BCUT2D eigenvalue weighted by Crippen LogP contribution is -2.54. The smallest absolute Gasteiger partial charge is 0.242 e. The highest BCUT2D eigenvalue weighted by Gasteiger charge is 2.24. The highest BCUT2D eigenvalue weighted by Crippen LogP contribution is 2.28. The minimum atomic E-state index is 0. The summed E-state index contributed by atoms with van der Waals surface area (Å²) in [6, 6.07) is 10.2. The maximum atomic E-state index is 12.7. The van der Waals surface area contributed by atoms with E-state index >= 15 is 0 Å². The molecule has 2 aliphatic rings. The summed E-state index contributed by atoms with van der Waals surface area (Å²) in [5, 5.41) is 5.39. The van der Waals surface area contributed by atoms with Crippen LogP contribution in [-0.4, -0.2) is 75.1 Å². The Morgan fingerprint density at radius 1 is 1.13 bits per heavy atom. The number of fused-ring (bicyclic) bond motifs is 1. The third-order valence-corrected chi connectivity index (χ3v) is 6.80. The van der Waals surface area contributed by atoms with Crippen molar-refractivity contribution < 1.29 is 9.53 Å². The molecule has 4 rings (SSSR count). The van der Waals surface area contributed by atoms with Crippen LogP contribution in [0.25, 0.3) is 0 Å². The molecule has 0 saturated carbocycles. The first-order valence-corrected chi connectivity index (χ1v) is 11.2. The Morgan fingerprint density at radius 2 is 1.90 bits per heavy atom. The molecule has 0 aliphatic carbocycles. The van der Waals surface area contributed by atoms with Gasteiger partial charge in [0.05, 0.1) is 19.3 Å². The third-order valence-electron chi connectivity index (χ3n) is 5.77. The fourth-order valence-corrected chi connectivity index (χ4v) is 5.00. The van der Waals surface area contributed by atoms with Crippen molar-refractivity contribution in [2.75, 3.05) is 58.3 Å². The van der Waals surface area contributed by atoms with Crippen LogP contribution in [0.4, 0.5) is 5.69 Å². The fraction of sp³-hybridized carbons (Fsp3) is 0.455. The second-order valence-corrected chi connectivity index (χ2v) is 8.48. The maximum Gasteiger partial charge on any atom is 0.242 e. The van der Waals surface area contributed by atoms with Gasteiger partial charge in [-0.2, -0.15) is 0 Å². The number of benzene rings is 1. The van der Waals surface area contributed by atoms with Crippen LogP contribution >= 0.6 is 35.3 Å². The molecular weight excluding hydrogens is 525 g/mol. The Bertz CT molecular complexity index is 911. The average Bonchev–Trinajstić information content (AvgIpc) is 3.27. The number of carbonyl (C=O) groups is 1. The van der Waals surface area contributed by atoms with Gasteiger partial charge in [0.25, 0.3) is 0 Å². The second-order valence-electron chi connectivity index (χ2n) is 7.48. The van der Waals surface area contributed by atoms with Gasteiger partial charge < -0.3 is 24.8 Å². The fourth-order valence-electron chi connectivity index (χ4n) is 4.11. The van der Waals surface area contributed by atoms with Crippen LogP contribution in [0.3, 0.4) is 0 Å². The van der Waals surface area contributed by atoms with Crippen LogP contribution in [0.1, 0.15) is 10.4 Å². The highest BCUT2D eigenvalue weighted by molar-refractivity contribution is 14.0. The van der Waals surface area contributed by atoms with E-state index in [0.29, 0.717) is 0 Å². The van der Waals surface area contributed by atoms with E-state index in [1.54, 1.807) is 25.5 Å². The number of hydrogen-bond acceptors (Lipinski definition) is 5. The van der Waals surface area contributed by atoms with Gasteiger partial charge in [-0.05, 0) is 35.6 Å². The molecule has 1 amide bonds. The zero-order valence-corrected chi connectivity index (χ0v) is 21.2. The van der Waals surface area contributed by atoms with Crippen LogP contribution in [0.2, 0.25) is 0 Å². The number of piperazine rings is 1. The molecule has 2 aromatic rings. The maximum absolute atomic E-state index is 12.7. The van der Waals surface area contributed by atoms with Gasteiger partial charge in [-0.15, -0.1) is 35.3 Å². The number of methoxy groups -OCH3 is 1. The second kappa shape index (κ2) is 11.0. The molecule has 0 unspecified atom stereocenters. The summed E-state index contributed by atoms with van der Waals surface area (Å²) >= 11 is 1.79. The van der Waals surface area contributed by atoms with Crippen molar-refractivity contribution >= 4 is 52.9 Å². The molecule has 1 fully saturated rings. The van der Waals surface area contributed by atoms with Gasteiger partial charge in [-0.1, -0.05) is 12.1 Å². The van der Waals surface area contributed by atoms with Crippen molar-refractivity contribution in [3.05, 3.63) is 46.2 Å². The first-order valence-electron chi connectivity index (χ1n) is 10.4. The molecule has 1 N–H and O–H groups in total. The number of amides is 1. The SMILES string of the molecule is CN=C(NCC(=O)N1CCc2sccc2C1)N1CCN(c2ccccc2OC)CC1.I. The van der Waals surface area contributed by atoms with Gasteiger partial charge in [0.1, 0.15) is 5.75 Å². The Balaban J connectivity index is 0.00000272. The van der Waals surface area contributed by atoms with Gasteiger partial charge >= 0.3 is 0 Å². The van der Waals surface area contributed by atoms with E-state index in [-0.39, 0.29) is 36.4 Å². The Morgan fingerprint density at radius 3 is 2.65 bits per heavy atom. The molecule has 168 valence electrons. The molecule has 1 saturated heterocycles. The predicted octanol–water partition coefficient (Wildman–Crippen LogP) is 2.66. The lowest BCUT2D eigenvalue weighted by molar-refractivity contribution is -0.130. The van der Waals surface area contributed by atoms with Crippen molar-refractivity contribution in [2.24, 2.45) is 4.99 Å². The summed E-state index contributed by atoms with van der Waals surface area (Å²) in [6.07, 6.45) is 0.957. The summed E-state index contributed by atoms with van der Waals surface area (Å²) in [5.74, 6) is 1.81. The summed E-state index contributed by atoms with van der Waals surface area (Å²) in [7, 11) is 3.48. The number of ether oxygens (including phenoxy) is 1. The van der Waals surface area contributed by atoms with Crippen molar-refractivity contribution in [3.63, 3.8) is 0 Å². The Labute approximate surface area is 205 Å². The van der Waals surface area contributed by atoms with Crippen LogP contribution in [0.5, 0.6) is 5.75 Å². The molecule has 1 aromatic heterocycles. The number of nitrogens with one attached hydrogen (secondary N) is 1. The van der Waals surface area contributed by atoms with Gasteiger partial charge in [0.2, 0.25) is 5.91 Å². The predicted molar refractivity (Wildman–Crippen MR) is 137 cm³/mol. The molecular formula is C22H30IN5O2S. The van der Waals surface area contributed by atoms with E-state index in [9.17, 15) is 4.79 Å². The van der Waals surface area contributed by atoms with Crippen molar-refractivity contribution in [1.29, 1.82) is 0 Å². The lowest BCUT2D eigenvalue weighted by Gasteiger charge is -2.38. The standard InChI is InChI=1S/C22H29N5O2S.HI/c1-23-22(24-15-21(28)27-9-7-20-17(16-27)8-14-30-20)26-12-10-25(11-13-26)18-5-3-4-6-19(18)29-2;/h3-6,8,14H,7,9-13,15-16H2,1-2H3,(H,23,24);1H. The Kier molecular flexibility index (Phi) is 8.42. The summed E-state index contributed by atoms with van der Waals surface area (Å²) in [6.45, 7) is 5.23. The molecule has 2 aliphatic heterocycles. The topological polar surface area (TPSA) is 60.4 Å². The van der Waals surface area contributed by atoms with Crippen LogP contribution in [0, 0.1) is 0 Å². The first-order chi connectivity index (χ1) is 14.7. The van der Waals surface area contributed by atoms with E-state index in [4.69, 9.17) is 4.74 Å². The van der Waals surface area contributed by atoms with E-state index in [0.717, 1.165) is 63.1 Å². The summed E-state index contributed by atoms with van der Waals surface area (Å²) in [4.78, 5) is 25.0. The molecule has 3 heterocycles. The molecule has 7 nitrogen and oxygen atoms in total. The third kappa shape index (κ3) is 5.43. The van der Waals surface area contributed by atoms with Gasteiger partial charge in [0.15, 0.2) is 5.96 Å². The lowest BCUT2D eigenvalue weighted by atomic mass is 10.1. The van der Waals surface area contributed by atoms with E-state index in [2.05, 4.69) is 37.6 Å². The van der Waals surface area contributed by atoms with Crippen molar-refractivity contribution in [3.8, 4) is 5.75 Å². The zero-order chi connectivity index (χ0) is 20.9. The summed E-state index contributed by atoms with van der Waals surface area (Å²) in [5.41, 5.74) is 2.41. The largest absolute Gasteiger partial charge is 0.495 e. The molecule has 9 heteroatoms. The van der Waals surface area contributed by atoms with E-state index in [1.807, 2.05) is 23.1 Å². The Hall–Kier alpha value is -2.01. The molecule has 1 aromatic carbocycles. The number of hydrogen-bond donors (Lipinski definition) is 1. The van der Waals surface area contributed by atoms with E-state index < -0.39 is 0 Å². The number of halogens is 1. The van der Waals surface area contributed by atoms with Crippen LogP contribution in [0.15, 0.2) is 40.7 Å². The number of anilines is 1. The number of aliphatic imine (C=N–C) groups is 1. The minimum Gasteiger partial charge on any atom is -0.495 e. The monoisotopic (exact) mass is 555 g/mol. The number of thiophene rings is 1. The summed E-state index contributed by atoms with van der Waals surface area (Å²) < 4.78 is 5.50. The number of para-hydroxylation sites is 2. The number of nitrogens with zero attached hydrogens (tertiary/aromatic N) is 4. The normalized spacial score (nSPS) is 16.5. The van der Waals surface area contributed by atoms with Gasteiger partial charge in [-0.3, -0.25) is 9.79 Å². The van der Waals surface area contributed by atoms with Gasteiger partial charge in [-0.25, -0.2) is 0 Å². The quantitative estimate of drug-likeness (QED) is 0.357. The molecule has 0 radical (unpaired) electrons. The molecule has 0 atom stereocenters. The number of carbonyl (C=O) groups excluding carboxylic acids is 1. The zero-order valence-electron chi connectivity index (χ0n) is 18.0. The average molecular weight is 555 g/mol. The molecule has 0 spiro atoms.